The highest BCUT2D eigenvalue weighted by atomic mass is 35.5. The highest BCUT2D eigenvalue weighted by Crippen LogP contribution is 2.21. The maximum atomic E-state index is 12.2. The maximum Gasteiger partial charge on any atom is 0.249 e. The smallest absolute Gasteiger partial charge is 0.249 e. The van der Waals surface area contributed by atoms with E-state index in [4.69, 9.17) is 20.9 Å². The third kappa shape index (κ3) is 3.89. The van der Waals surface area contributed by atoms with Crippen LogP contribution in [0.25, 0.3) is 11.4 Å². The molecule has 2 aromatic rings. The number of nitrogens with zero attached hydrogens (tertiary/aromatic N) is 2. The molecule has 1 aromatic carbocycles. The van der Waals surface area contributed by atoms with E-state index < -0.39 is 0 Å². The zero-order valence-corrected chi connectivity index (χ0v) is 13.5. The first kappa shape index (κ1) is 16.0. The van der Waals surface area contributed by atoms with Crippen LogP contribution in [0, 0.1) is 5.92 Å². The van der Waals surface area contributed by atoms with E-state index in [1.54, 1.807) is 12.1 Å². The maximum absolute atomic E-state index is 12.2. The molecule has 2 atom stereocenters. The average molecular weight is 336 g/mol. The van der Waals surface area contributed by atoms with Crippen molar-refractivity contribution < 1.29 is 14.1 Å². The van der Waals surface area contributed by atoms with Gasteiger partial charge in [0.15, 0.2) is 0 Å². The van der Waals surface area contributed by atoms with Gasteiger partial charge in [-0.3, -0.25) is 4.79 Å². The van der Waals surface area contributed by atoms with Crippen LogP contribution in [0.1, 0.15) is 31.7 Å². The van der Waals surface area contributed by atoms with Crippen LogP contribution >= 0.6 is 11.6 Å². The zero-order chi connectivity index (χ0) is 16.2. The van der Waals surface area contributed by atoms with Gasteiger partial charge in [0.2, 0.25) is 17.6 Å². The topological polar surface area (TPSA) is 77.2 Å². The van der Waals surface area contributed by atoms with Crippen molar-refractivity contribution in [1.29, 1.82) is 0 Å². The molecule has 2 unspecified atom stereocenters. The third-order valence-corrected chi connectivity index (χ3v) is 4.06. The van der Waals surface area contributed by atoms with Crippen LogP contribution in [0.15, 0.2) is 28.8 Å². The van der Waals surface area contributed by atoms with Crippen molar-refractivity contribution in [3.8, 4) is 11.4 Å². The van der Waals surface area contributed by atoms with Crippen LogP contribution in [0.3, 0.4) is 0 Å². The lowest BCUT2D eigenvalue weighted by atomic mass is 10.0. The molecule has 1 amide bonds. The summed E-state index contributed by atoms with van der Waals surface area (Å²) in [6.45, 7) is 3.02. The van der Waals surface area contributed by atoms with Crippen molar-refractivity contribution in [2.24, 2.45) is 5.92 Å². The molecule has 1 saturated heterocycles. The van der Waals surface area contributed by atoms with Gasteiger partial charge in [-0.15, -0.1) is 0 Å². The van der Waals surface area contributed by atoms with E-state index in [0.29, 0.717) is 23.3 Å². The first-order valence-electron chi connectivity index (χ1n) is 7.61. The van der Waals surface area contributed by atoms with Crippen LogP contribution in [-0.2, 0) is 9.53 Å². The molecule has 7 heteroatoms. The Kier molecular flexibility index (Phi) is 4.93. The molecule has 122 valence electrons. The molecular weight excluding hydrogens is 318 g/mol. The minimum Gasteiger partial charge on any atom is -0.381 e. The van der Waals surface area contributed by atoms with Gasteiger partial charge in [-0.05, 0) is 44.0 Å². The van der Waals surface area contributed by atoms with Crippen molar-refractivity contribution >= 4 is 17.5 Å². The minimum absolute atomic E-state index is 0.0385. The number of rotatable bonds is 4. The normalized spacial score (nSPS) is 19.3. The number of carbonyl (C=O) groups excluding carboxylic acids is 1. The highest BCUT2D eigenvalue weighted by molar-refractivity contribution is 6.30. The van der Waals surface area contributed by atoms with E-state index in [-0.39, 0.29) is 17.9 Å². The Morgan fingerprint density at radius 2 is 2.17 bits per heavy atom. The molecule has 0 radical (unpaired) electrons. The van der Waals surface area contributed by atoms with E-state index in [1.165, 1.54) is 0 Å². The molecule has 1 aromatic heterocycles. The van der Waals surface area contributed by atoms with Gasteiger partial charge in [-0.2, -0.15) is 4.98 Å². The minimum atomic E-state index is -0.349. The van der Waals surface area contributed by atoms with Crippen molar-refractivity contribution in [2.45, 2.75) is 25.8 Å². The van der Waals surface area contributed by atoms with Crippen LogP contribution in [0.5, 0.6) is 0 Å². The second kappa shape index (κ2) is 7.10. The molecule has 0 aliphatic carbocycles. The highest BCUT2D eigenvalue weighted by Gasteiger charge is 2.25. The molecular formula is C16H18ClN3O3. The lowest BCUT2D eigenvalue weighted by Gasteiger charge is -2.22. The van der Waals surface area contributed by atoms with E-state index in [1.807, 2.05) is 19.1 Å². The van der Waals surface area contributed by atoms with Crippen molar-refractivity contribution in [3.63, 3.8) is 0 Å². The van der Waals surface area contributed by atoms with Gasteiger partial charge in [0.05, 0.1) is 12.5 Å². The largest absolute Gasteiger partial charge is 0.381 e. The molecule has 2 heterocycles. The third-order valence-electron chi connectivity index (χ3n) is 3.80. The number of benzene rings is 1. The van der Waals surface area contributed by atoms with Crippen LogP contribution in [-0.4, -0.2) is 29.3 Å². The van der Waals surface area contributed by atoms with Gasteiger partial charge in [0, 0.05) is 17.2 Å². The Hall–Kier alpha value is -1.92. The number of amides is 1. The molecule has 6 nitrogen and oxygen atoms in total. The predicted molar refractivity (Wildman–Crippen MR) is 84.8 cm³/mol. The Balaban J connectivity index is 1.64. The van der Waals surface area contributed by atoms with Gasteiger partial charge < -0.3 is 14.6 Å². The summed E-state index contributed by atoms with van der Waals surface area (Å²) < 4.78 is 10.6. The van der Waals surface area contributed by atoms with Gasteiger partial charge in [0.1, 0.15) is 6.04 Å². The van der Waals surface area contributed by atoms with E-state index in [9.17, 15) is 4.79 Å². The lowest BCUT2D eigenvalue weighted by Crippen LogP contribution is -2.37. The molecule has 0 spiro atoms. The quantitative estimate of drug-likeness (QED) is 0.929. The molecule has 0 bridgehead atoms. The number of hydrogen-bond donors (Lipinski definition) is 1. The number of hydrogen-bond acceptors (Lipinski definition) is 5. The summed E-state index contributed by atoms with van der Waals surface area (Å²) in [6, 6.07) is 6.82. The Morgan fingerprint density at radius 1 is 1.39 bits per heavy atom. The molecule has 3 rings (SSSR count). The van der Waals surface area contributed by atoms with Crippen molar-refractivity contribution in [2.75, 3.05) is 13.2 Å². The summed E-state index contributed by atoms with van der Waals surface area (Å²) in [5.41, 5.74) is 0.809. The summed E-state index contributed by atoms with van der Waals surface area (Å²) in [7, 11) is 0. The summed E-state index contributed by atoms with van der Waals surface area (Å²) in [6.07, 6.45) is 1.76. The molecule has 1 fully saturated rings. The van der Waals surface area contributed by atoms with Gasteiger partial charge in [-0.1, -0.05) is 16.8 Å². The molecule has 1 N–H and O–H groups in total. The number of halogens is 1. The Morgan fingerprint density at radius 3 is 2.87 bits per heavy atom. The van der Waals surface area contributed by atoms with Gasteiger partial charge >= 0.3 is 0 Å². The Labute approximate surface area is 139 Å². The van der Waals surface area contributed by atoms with E-state index in [0.717, 1.165) is 25.0 Å². The molecule has 1 aliphatic rings. The molecule has 23 heavy (non-hydrogen) atoms. The molecule has 1 aliphatic heterocycles. The molecule has 0 saturated carbocycles. The summed E-state index contributed by atoms with van der Waals surface area (Å²) >= 11 is 5.86. The summed E-state index contributed by atoms with van der Waals surface area (Å²) in [4.78, 5) is 16.5. The van der Waals surface area contributed by atoms with Gasteiger partial charge in [-0.25, -0.2) is 0 Å². The standard InChI is InChI=1S/C16H18ClN3O3/c1-10(18-15(21)12-3-2-8-22-9-12)16-19-14(20-23-16)11-4-6-13(17)7-5-11/h4-7,10,12H,2-3,8-9H2,1H3,(H,18,21). The second-order valence-electron chi connectivity index (χ2n) is 5.61. The summed E-state index contributed by atoms with van der Waals surface area (Å²) in [5, 5.41) is 7.50. The number of nitrogens with one attached hydrogen (secondary N) is 1. The predicted octanol–water partition coefficient (Wildman–Crippen LogP) is 2.99. The second-order valence-corrected chi connectivity index (χ2v) is 6.04. The van der Waals surface area contributed by atoms with Crippen molar-refractivity contribution in [1.82, 2.24) is 15.5 Å². The van der Waals surface area contributed by atoms with Crippen LogP contribution in [0.4, 0.5) is 0 Å². The lowest BCUT2D eigenvalue weighted by molar-refractivity contribution is -0.129. The monoisotopic (exact) mass is 335 g/mol. The fraction of sp³-hybridized carbons (Fsp3) is 0.438. The average Bonchev–Trinajstić information content (AvgIpc) is 3.06. The fourth-order valence-corrected chi connectivity index (χ4v) is 2.59. The first-order chi connectivity index (χ1) is 11.1. The van der Waals surface area contributed by atoms with E-state index in [2.05, 4.69) is 15.5 Å². The summed E-state index contributed by atoms with van der Waals surface area (Å²) in [5.74, 6) is 0.701. The number of ether oxygens (including phenoxy) is 1. The SMILES string of the molecule is CC(NC(=O)C1CCCOC1)c1nc(-c2ccc(Cl)cc2)no1. The number of aromatic nitrogens is 2. The van der Waals surface area contributed by atoms with Crippen LogP contribution < -0.4 is 5.32 Å². The van der Waals surface area contributed by atoms with Gasteiger partial charge in [0.25, 0.3) is 0 Å². The van der Waals surface area contributed by atoms with Crippen LogP contribution in [0.2, 0.25) is 5.02 Å². The first-order valence-corrected chi connectivity index (χ1v) is 7.99. The fourth-order valence-electron chi connectivity index (χ4n) is 2.47. The number of carbonyl (C=O) groups is 1. The van der Waals surface area contributed by atoms with Crippen molar-refractivity contribution in [3.05, 3.63) is 35.2 Å². The Bertz CT molecular complexity index is 665. The van der Waals surface area contributed by atoms with E-state index >= 15 is 0 Å². The zero-order valence-electron chi connectivity index (χ0n) is 12.8.